The van der Waals surface area contributed by atoms with Gasteiger partial charge in [0.15, 0.2) is 5.82 Å². The first-order valence-electron chi connectivity index (χ1n) is 11.5. The summed E-state index contributed by atoms with van der Waals surface area (Å²) < 4.78 is 18.6. The minimum Gasteiger partial charge on any atom is -0.306 e. The van der Waals surface area contributed by atoms with E-state index in [2.05, 4.69) is 31.4 Å². The summed E-state index contributed by atoms with van der Waals surface area (Å²) in [6, 6.07) is 7.96. The number of imidazole rings is 1. The van der Waals surface area contributed by atoms with Crippen LogP contribution >= 0.6 is 0 Å². The van der Waals surface area contributed by atoms with Gasteiger partial charge in [-0.05, 0) is 56.0 Å². The van der Waals surface area contributed by atoms with Gasteiger partial charge in [-0.25, -0.2) is 14.4 Å². The van der Waals surface area contributed by atoms with E-state index in [-0.39, 0.29) is 17.4 Å². The number of amides is 1. The molecule has 8 nitrogen and oxygen atoms in total. The van der Waals surface area contributed by atoms with Crippen LogP contribution < -0.4 is 5.32 Å². The molecule has 1 aromatic carbocycles. The summed E-state index contributed by atoms with van der Waals surface area (Å²) in [5.74, 6) is 3.71. The molecular weight excluding hydrogens is 445 g/mol. The zero-order chi connectivity index (χ0) is 24.1. The van der Waals surface area contributed by atoms with E-state index in [9.17, 15) is 9.18 Å². The highest BCUT2D eigenvalue weighted by atomic mass is 19.1. The van der Waals surface area contributed by atoms with Gasteiger partial charge in [0.05, 0.1) is 29.3 Å². The highest BCUT2D eigenvalue weighted by Gasteiger charge is 2.28. The molecule has 1 N–H and O–H groups in total. The third kappa shape index (κ3) is 3.77. The number of nitrogens with one attached hydrogen (secondary N) is 1. The Balaban J connectivity index is 1.28. The Labute approximate surface area is 201 Å². The molecule has 0 saturated heterocycles. The molecule has 1 fully saturated rings. The number of terminal acetylenes is 1. The lowest BCUT2D eigenvalue weighted by Gasteiger charge is -2.12. The van der Waals surface area contributed by atoms with Crippen molar-refractivity contribution in [1.82, 2.24) is 29.3 Å². The third-order valence-corrected chi connectivity index (χ3v) is 6.54. The topological polar surface area (TPSA) is 90.5 Å². The number of carbonyl (C=O) groups is 1. The first-order valence-corrected chi connectivity index (χ1v) is 11.5. The highest BCUT2D eigenvalue weighted by Crippen LogP contribution is 2.39. The minimum absolute atomic E-state index is 0.0739. The Morgan fingerprint density at radius 3 is 2.89 bits per heavy atom. The Kier molecular flexibility index (Phi) is 4.95. The number of anilines is 1. The number of hydrogen-bond acceptors (Lipinski definition) is 5. The normalized spacial score (nSPS) is 16.7. The molecule has 1 saturated carbocycles. The summed E-state index contributed by atoms with van der Waals surface area (Å²) in [5, 5.41) is 11.2. The molecule has 0 spiro atoms. The van der Waals surface area contributed by atoms with E-state index in [0.29, 0.717) is 28.7 Å². The molecule has 4 heterocycles. The molecular formula is C26H22FN7O. The number of hydrogen-bond donors (Lipinski definition) is 1. The number of carbonyl (C=O) groups excluding carboxylic acids is 1. The van der Waals surface area contributed by atoms with Gasteiger partial charge in [0.25, 0.3) is 5.91 Å². The van der Waals surface area contributed by atoms with Crippen molar-refractivity contribution in [3.05, 3.63) is 71.3 Å². The molecule has 6 rings (SSSR count). The second-order valence-corrected chi connectivity index (χ2v) is 8.99. The van der Waals surface area contributed by atoms with Crippen molar-refractivity contribution in [2.75, 3.05) is 5.32 Å². The first-order chi connectivity index (χ1) is 17.0. The number of fused-ring (bicyclic) bond motifs is 1. The van der Waals surface area contributed by atoms with Gasteiger partial charge in [-0.15, -0.1) is 16.6 Å². The fraction of sp³-hybridized carbons (Fsp3) is 0.269. The Hall–Kier alpha value is -4.32. The van der Waals surface area contributed by atoms with Crippen LogP contribution in [0, 0.1) is 25.1 Å². The molecule has 1 aliphatic carbocycles. The smallest absolute Gasteiger partial charge is 0.259 e. The van der Waals surface area contributed by atoms with Gasteiger partial charge in [0.2, 0.25) is 0 Å². The monoisotopic (exact) mass is 467 g/mol. The molecule has 35 heavy (non-hydrogen) atoms. The maximum absolute atomic E-state index is 14.8. The Morgan fingerprint density at radius 1 is 1.23 bits per heavy atom. The van der Waals surface area contributed by atoms with Gasteiger partial charge in [0, 0.05) is 18.5 Å². The van der Waals surface area contributed by atoms with Crippen LogP contribution in [0.25, 0.3) is 17.2 Å². The number of halogens is 1. The fourth-order valence-corrected chi connectivity index (χ4v) is 4.53. The number of benzene rings is 1. The molecule has 174 valence electrons. The molecule has 0 radical (unpaired) electrons. The van der Waals surface area contributed by atoms with Crippen molar-refractivity contribution in [2.24, 2.45) is 0 Å². The SMILES string of the molecule is C#CC1CCc2nnc(-c3cccc(NC(=O)c4cc(-n5cnc(C6CC6)c5)c(C)cc4F)n3)n21. The van der Waals surface area contributed by atoms with Crippen LogP contribution in [0.15, 0.2) is 42.9 Å². The average molecular weight is 468 g/mol. The van der Waals surface area contributed by atoms with Crippen molar-refractivity contribution in [3.8, 4) is 29.5 Å². The van der Waals surface area contributed by atoms with E-state index >= 15 is 0 Å². The summed E-state index contributed by atoms with van der Waals surface area (Å²) in [6.45, 7) is 1.81. The molecule has 1 unspecified atom stereocenters. The maximum atomic E-state index is 14.8. The minimum atomic E-state index is -0.602. The number of rotatable bonds is 5. The quantitative estimate of drug-likeness (QED) is 0.444. The second kappa shape index (κ2) is 8.17. The lowest BCUT2D eigenvalue weighted by atomic mass is 10.1. The van der Waals surface area contributed by atoms with E-state index < -0.39 is 11.7 Å². The van der Waals surface area contributed by atoms with Crippen LogP contribution in [-0.4, -0.2) is 35.2 Å². The van der Waals surface area contributed by atoms with E-state index in [4.69, 9.17) is 6.42 Å². The molecule has 4 aromatic rings. The predicted octanol–water partition coefficient (Wildman–Crippen LogP) is 4.22. The summed E-state index contributed by atoms with van der Waals surface area (Å²) in [6.07, 6.45) is 13.2. The Bertz CT molecular complexity index is 1510. The largest absolute Gasteiger partial charge is 0.306 e. The Morgan fingerprint density at radius 2 is 2.09 bits per heavy atom. The molecule has 1 aliphatic heterocycles. The van der Waals surface area contributed by atoms with Gasteiger partial charge in [-0.3, -0.25) is 9.36 Å². The number of aryl methyl sites for hydroxylation is 2. The van der Waals surface area contributed by atoms with Crippen LogP contribution in [0.4, 0.5) is 10.2 Å². The predicted molar refractivity (Wildman–Crippen MR) is 128 cm³/mol. The molecule has 0 bridgehead atoms. The van der Waals surface area contributed by atoms with Crippen molar-refractivity contribution >= 4 is 11.7 Å². The van der Waals surface area contributed by atoms with Crippen LogP contribution in [-0.2, 0) is 6.42 Å². The van der Waals surface area contributed by atoms with Crippen molar-refractivity contribution in [2.45, 2.75) is 44.6 Å². The van der Waals surface area contributed by atoms with Gasteiger partial charge in [-0.2, -0.15) is 0 Å². The van der Waals surface area contributed by atoms with Gasteiger partial charge in [-0.1, -0.05) is 12.0 Å². The summed E-state index contributed by atoms with van der Waals surface area (Å²) in [7, 11) is 0. The van der Waals surface area contributed by atoms with Crippen LogP contribution in [0.2, 0.25) is 0 Å². The first kappa shape index (κ1) is 21.2. The fourth-order valence-electron chi connectivity index (χ4n) is 4.53. The zero-order valence-electron chi connectivity index (χ0n) is 19.1. The van der Waals surface area contributed by atoms with Crippen LogP contribution in [0.5, 0.6) is 0 Å². The summed E-state index contributed by atoms with van der Waals surface area (Å²) in [4.78, 5) is 22.0. The molecule has 2 aliphatic rings. The van der Waals surface area contributed by atoms with Crippen LogP contribution in [0.3, 0.4) is 0 Å². The number of aromatic nitrogens is 6. The van der Waals surface area contributed by atoms with E-state index in [0.717, 1.165) is 37.2 Å². The zero-order valence-corrected chi connectivity index (χ0v) is 19.1. The standard InChI is InChI=1S/C26H22FN7O/c1-3-17-9-10-24-31-32-25(34(17)24)20-5-4-6-23(29-20)30-26(35)18-12-22(15(2)11-19(18)27)33-13-21(28-14-33)16-7-8-16/h1,4-6,11-14,16-17H,7-10H2,2H3,(H,29,30,35). The van der Waals surface area contributed by atoms with Crippen molar-refractivity contribution in [1.29, 1.82) is 0 Å². The number of pyridine rings is 1. The molecule has 9 heteroatoms. The van der Waals surface area contributed by atoms with E-state index in [1.54, 1.807) is 30.6 Å². The lowest BCUT2D eigenvalue weighted by Crippen LogP contribution is -2.16. The summed E-state index contributed by atoms with van der Waals surface area (Å²) in [5.41, 5.74) is 2.89. The third-order valence-electron chi connectivity index (χ3n) is 6.54. The van der Waals surface area contributed by atoms with Gasteiger partial charge < -0.3 is 9.88 Å². The second-order valence-electron chi connectivity index (χ2n) is 8.99. The van der Waals surface area contributed by atoms with Crippen molar-refractivity contribution in [3.63, 3.8) is 0 Å². The molecule has 1 amide bonds. The summed E-state index contributed by atoms with van der Waals surface area (Å²) >= 11 is 0. The van der Waals surface area contributed by atoms with Gasteiger partial charge >= 0.3 is 0 Å². The average Bonchev–Trinajstić information content (AvgIpc) is 3.25. The lowest BCUT2D eigenvalue weighted by molar-refractivity contribution is 0.102. The maximum Gasteiger partial charge on any atom is 0.259 e. The van der Waals surface area contributed by atoms with Gasteiger partial charge in [0.1, 0.15) is 23.2 Å². The van der Waals surface area contributed by atoms with E-state index in [1.807, 2.05) is 22.3 Å². The van der Waals surface area contributed by atoms with Crippen LogP contribution in [0.1, 0.15) is 58.7 Å². The van der Waals surface area contributed by atoms with Crippen molar-refractivity contribution < 1.29 is 9.18 Å². The molecule has 1 atom stereocenters. The molecule has 3 aromatic heterocycles. The number of nitrogens with zero attached hydrogens (tertiary/aromatic N) is 6. The highest BCUT2D eigenvalue weighted by molar-refractivity contribution is 6.04. The van der Waals surface area contributed by atoms with E-state index in [1.165, 1.54) is 6.07 Å².